The number of Topliss-reactive ketones (excluding diaryl/α,β-unsaturated/α-hetero) is 1. The first-order valence-electron chi connectivity index (χ1n) is 6.49. The first-order valence-corrected chi connectivity index (χ1v) is 6.87. The lowest BCUT2D eigenvalue weighted by molar-refractivity contribution is -0.502. The minimum absolute atomic E-state index is 0.0606. The molecule has 0 N–H and O–H groups in total. The number of hydrogen-bond donors (Lipinski definition) is 0. The first kappa shape index (κ1) is 12.6. The molecule has 2 fully saturated rings. The van der Waals surface area contributed by atoms with Gasteiger partial charge >= 0.3 is 0 Å². The maximum absolute atomic E-state index is 12.2. The molecule has 0 heterocycles. The Bertz CT molecular complexity index is 559. The van der Waals surface area contributed by atoms with Crippen molar-refractivity contribution >= 4 is 17.4 Å². The lowest BCUT2D eigenvalue weighted by atomic mass is 9.81. The van der Waals surface area contributed by atoms with E-state index in [0.717, 1.165) is 18.4 Å². The van der Waals surface area contributed by atoms with Gasteiger partial charge in [0.1, 0.15) is 11.2 Å². The first-order chi connectivity index (χ1) is 9.07. The van der Waals surface area contributed by atoms with E-state index in [4.69, 9.17) is 11.6 Å². The van der Waals surface area contributed by atoms with Crippen molar-refractivity contribution in [3.05, 3.63) is 45.0 Å². The van der Waals surface area contributed by atoms with Crippen molar-refractivity contribution in [2.45, 2.75) is 37.6 Å². The van der Waals surface area contributed by atoms with Crippen LogP contribution in [0.15, 0.2) is 24.3 Å². The molecule has 1 aromatic rings. The Kier molecular flexibility index (Phi) is 2.86. The summed E-state index contributed by atoms with van der Waals surface area (Å²) in [7, 11) is 0. The summed E-state index contributed by atoms with van der Waals surface area (Å²) in [6, 6.07) is 6.35. The van der Waals surface area contributed by atoms with Crippen LogP contribution in [0.5, 0.6) is 0 Å². The summed E-state index contributed by atoms with van der Waals surface area (Å²) in [5.41, 5.74) is 0.0661. The van der Waals surface area contributed by atoms with Gasteiger partial charge in [0.15, 0.2) is 0 Å². The number of carbonyl (C=O) groups excluding carboxylic acids is 1. The van der Waals surface area contributed by atoms with Gasteiger partial charge in [-0.3, -0.25) is 14.9 Å². The van der Waals surface area contributed by atoms with Crippen LogP contribution in [0.3, 0.4) is 0 Å². The van der Waals surface area contributed by atoms with E-state index >= 15 is 0 Å². The Morgan fingerprint density at radius 1 is 1.37 bits per heavy atom. The summed E-state index contributed by atoms with van der Waals surface area (Å²) >= 11 is 5.95. The molecular formula is C14H14ClNO3. The van der Waals surface area contributed by atoms with E-state index in [1.54, 1.807) is 18.2 Å². The van der Waals surface area contributed by atoms with Gasteiger partial charge in [0.05, 0.1) is 5.92 Å². The molecule has 0 unspecified atom stereocenters. The van der Waals surface area contributed by atoms with Crippen LogP contribution in [-0.2, 0) is 4.79 Å². The Morgan fingerprint density at radius 3 is 2.79 bits per heavy atom. The zero-order valence-electron chi connectivity index (χ0n) is 10.3. The second-order valence-electron chi connectivity index (χ2n) is 5.43. The molecule has 1 spiro atoms. The zero-order chi connectivity index (χ0) is 13.6. The van der Waals surface area contributed by atoms with Crippen molar-refractivity contribution in [2.24, 2.45) is 5.41 Å². The van der Waals surface area contributed by atoms with Crippen molar-refractivity contribution in [3.8, 4) is 0 Å². The standard InChI is InChI=1S/C14H14ClNO3/c15-10-5-3-4-9(8-10)12-13(16(18)19)14(12)7-2-1-6-11(14)17/h3-5,8,12-13H,1-2,6-7H2/t12-,13-,14+/m0/s1. The molecule has 2 saturated carbocycles. The molecule has 19 heavy (non-hydrogen) atoms. The highest BCUT2D eigenvalue weighted by Crippen LogP contribution is 2.66. The van der Waals surface area contributed by atoms with Gasteiger partial charge in [0.25, 0.3) is 0 Å². The Balaban J connectivity index is 2.01. The number of nitrogens with zero attached hydrogens (tertiary/aromatic N) is 1. The van der Waals surface area contributed by atoms with E-state index < -0.39 is 11.5 Å². The molecule has 0 radical (unpaired) electrons. The predicted molar refractivity (Wildman–Crippen MR) is 70.9 cm³/mol. The normalized spacial score (nSPS) is 33.4. The average molecular weight is 280 g/mol. The van der Waals surface area contributed by atoms with E-state index in [0.29, 0.717) is 17.9 Å². The monoisotopic (exact) mass is 279 g/mol. The Hall–Kier alpha value is -1.42. The van der Waals surface area contributed by atoms with Gasteiger partial charge in [-0.25, -0.2) is 0 Å². The molecule has 2 aliphatic carbocycles. The minimum atomic E-state index is -0.765. The molecule has 5 heteroatoms. The highest BCUT2D eigenvalue weighted by Gasteiger charge is 2.77. The Labute approximate surface area is 115 Å². The molecule has 0 bridgehead atoms. The van der Waals surface area contributed by atoms with E-state index in [2.05, 4.69) is 0 Å². The number of hydrogen-bond acceptors (Lipinski definition) is 3. The third-order valence-corrected chi connectivity index (χ3v) is 4.72. The number of benzene rings is 1. The molecule has 3 rings (SSSR count). The van der Waals surface area contributed by atoms with Crippen LogP contribution >= 0.6 is 11.6 Å². The topological polar surface area (TPSA) is 60.2 Å². The fourth-order valence-corrected chi connectivity index (χ4v) is 3.82. The van der Waals surface area contributed by atoms with Crippen LogP contribution in [-0.4, -0.2) is 16.7 Å². The van der Waals surface area contributed by atoms with Gasteiger partial charge in [-0.1, -0.05) is 30.2 Å². The summed E-state index contributed by atoms with van der Waals surface area (Å²) in [6.07, 6.45) is 2.86. The molecule has 0 amide bonds. The third-order valence-electron chi connectivity index (χ3n) is 4.49. The molecule has 0 saturated heterocycles. The molecule has 4 nitrogen and oxygen atoms in total. The third kappa shape index (κ3) is 1.77. The van der Waals surface area contributed by atoms with Crippen molar-refractivity contribution in [3.63, 3.8) is 0 Å². The smallest absolute Gasteiger partial charge is 0.234 e. The number of carbonyl (C=O) groups is 1. The highest BCUT2D eigenvalue weighted by molar-refractivity contribution is 6.30. The van der Waals surface area contributed by atoms with Crippen LogP contribution < -0.4 is 0 Å². The predicted octanol–water partition coefficient (Wildman–Crippen LogP) is 3.21. The van der Waals surface area contributed by atoms with Crippen molar-refractivity contribution in [1.29, 1.82) is 0 Å². The Morgan fingerprint density at radius 2 is 2.16 bits per heavy atom. The van der Waals surface area contributed by atoms with Gasteiger partial charge in [-0.2, -0.15) is 0 Å². The lowest BCUT2D eigenvalue weighted by Crippen LogP contribution is -2.27. The maximum Gasteiger partial charge on any atom is 0.234 e. The van der Waals surface area contributed by atoms with Crippen LogP contribution in [0.1, 0.15) is 37.2 Å². The zero-order valence-corrected chi connectivity index (χ0v) is 11.1. The van der Waals surface area contributed by atoms with Crippen molar-refractivity contribution < 1.29 is 9.72 Å². The second-order valence-corrected chi connectivity index (χ2v) is 5.87. The number of nitro groups is 1. The van der Waals surface area contributed by atoms with Crippen LogP contribution in [0.4, 0.5) is 0 Å². The van der Waals surface area contributed by atoms with E-state index in [1.807, 2.05) is 6.07 Å². The second kappa shape index (κ2) is 4.30. The van der Waals surface area contributed by atoms with Gasteiger partial charge in [0, 0.05) is 16.4 Å². The fraction of sp³-hybridized carbons (Fsp3) is 0.500. The van der Waals surface area contributed by atoms with Crippen LogP contribution in [0.25, 0.3) is 0 Å². The summed E-state index contributed by atoms with van der Waals surface area (Å²) in [6.45, 7) is 0. The summed E-state index contributed by atoms with van der Waals surface area (Å²) in [5, 5.41) is 11.8. The molecular weight excluding hydrogens is 266 g/mol. The largest absolute Gasteiger partial charge is 0.299 e. The summed E-state index contributed by atoms with van der Waals surface area (Å²) < 4.78 is 0. The molecule has 3 atom stereocenters. The van der Waals surface area contributed by atoms with E-state index in [-0.39, 0.29) is 16.6 Å². The van der Waals surface area contributed by atoms with Gasteiger partial charge < -0.3 is 0 Å². The van der Waals surface area contributed by atoms with E-state index in [9.17, 15) is 14.9 Å². The number of halogens is 1. The fourth-order valence-electron chi connectivity index (χ4n) is 3.63. The van der Waals surface area contributed by atoms with Gasteiger partial charge in [-0.05, 0) is 30.5 Å². The molecule has 2 aliphatic rings. The average Bonchev–Trinajstić information content (AvgIpc) is 3.03. The quantitative estimate of drug-likeness (QED) is 0.617. The molecule has 0 aromatic heterocycles. The highest BCUT2D eigenvalue weighted by atomic mass is 35.5. The summed E-state index contributed by atoms with van der Waals surface area (Å²) in [5.74, 6) is -0.237. The maximum atomic E-state index is 12.2. The van der Waals surface area contributed by atoms with Crippen LogP contribution in [0.2, 0.25) is 5.02 Å². The molecule has 1 aromatic carbocycles. The van der Waals surface area contributed by atoms with Crippen LogP contribution in [0, 0.1) is 15.5 Å². The van der Waals surface area contributed by atoms with Gasteiger partial charge in [0.2, 0.25) is 6.04 Å². The summed E-state index contributed by atoms with van der Waals surface area (Å²) in [4.78, 5) is 23.2. The SMILES string of the molecule is O=C1CCCC[C@@]12[C@@H]([N+](=O)[O-])[C@@H]2c1cccc(Cl)c1. The minimum Gasteiger partial charge on any atom is -0.299 e. The van der Waals surface area contributed by atoms with E-state index in [1.165, 1.54) is 0 Å². The lowest BCUT2D eigenvalue weighted by Gasteiger charge is -2.19. The van der Waals surface area contributed by atoms with Gasteiger partial charge in [-0.15, -0.1) is 0 Å². The van der Waals surface area contributed by atoms with Crippen molar-refractivity contribution in [2.75, 3.05) is 0 Å². The van der Waals surface area contributed by atoms with Crippen molar-refractivity contribution in [1.82, 2.24) is 0 Å². The molecule has 100 valence electrons. The number of rotatable bonds is 2. The molecule has 0 aliphatic heterocycles. The number of ketones is 1.